The first-order valence-corrected chi connectivity index (χ1v) is 10.9. The molecular weight excluding hydrogens is 450 g/mol. The van der Waals surface area contributed by atoms with Crippen molar-refractivity contribution in [2.45, 2.75) is 0 Å². The monoisotopic (exact) mass is 463 g/mol. The number of aromatic nitrogens is 1. The summed E-state index contributed by atoms with van der Waals surface area (Å²) in [5.41, 5.74) is 4.21. The highest BCUT2D eigenvalue weighted by molar-refractivity contribution is 9.10. The summed E-state index contributed by atoms with van der Waals surface area (Å²) in [4.78, 5) is 4.93. The fourth-order valence-electron chi connectivity index (χ4n) is 4.48. The van der Waals surface area contributed by atoms with E-state index in [1.807, 2.05) is 30.3 Å². The third kappa shape index (κ3) is 2.49. The molecule has 0 saturated heterocycles. The molecule has 0 radical (unpaired) electrons. The van der Waals surface area contributed by atoms with Gasteiger partial charge < -0.3 is 8.83 Å². The van der Waals surface area contributed by atoms with Gasteiger partial charge in [0.1, 0.15) is 16.7 Å². The second-order valence-corrected chi connectivity index (χ2v) is 8.69. The highest BCUT2D eigenvalue weighted by Gasteiger charge is 2.18. The van der Waals surface area contributed by atoms with Crippen LogP contribution in [0, 0.1) is 0 Å². The second-order valence-electron chi connectivity index (χ2n) is 7.77. The Bertz CT molecular complexity index is 1810. The number of hydrogen-bond acceptors (Lipinski definition) is 3. The summed E-state index contributed by atoms with van der Waals surface area (Å²) in [6.45, 7) is 0. The van der Waals surface area contributed by atoms with Crippen LogP contribution in [0.4, 0.5) is 0 Å². The third-order valence-corrected chi connectivity index (χ3v) is 6.43. The molecule has 7 rings (SSSR count). The lowest BCUT2D eigenvalue weighted by Gasteiger charge is -2.00. The van der Waals surface area contributed by atoms with Crippen molar-refractivity contribution >= 4 is 70.5 Å². The summed E-state index contributed by atoms with van der Waals surface area (Å²) < 4.78 is 13.4. The van der Waals surface area contributed by atoms with Gasteiger partial charge in [-0.3, -0.25) is 0 Å². The summed E-state index contributed by atoms with van der Waals surface area (Å²) in [6.07, 6.45) is 0. The van der Waals surface area contributed by atoms with Crippen molar-refractivity contribution in [3.63, 3.8) is 0 Å². The van der Waals surface area contributed by atoms with Crippen molar-refractivity contribution in [3.05, 3.63) is 89.4 Å². The highest BCUT2D eigenvalue weighted by Crippen LogP contribution is 2.40. The minimum Gasteiger partial charge on any atom is -0.456 e. The van der Waals surface area contributed by atoms with E-state index in [-0.39, 0.29) is 0 Å². The molecule has 0 aliphatic rings. The van der Waals surface area contributed by atoms with Crippen LogP contribution < -0.4 is 0 Å². The lowest BCUT2D eigenvalue weighted by atomic mass is 10.0. The van der Waals surface area contributed by atoms with Crippen molar-refractivity contribution in [2.75, 3.05) is 0 Å². The molecule has 0 N–H and O–H groups in total. The Hall–Kier alpha value is -3.63. The van der Waals surface area contributed by atoms with E-state index < -0.39 is 0 Å². The Morgan fingerprint density at radius 2 is 1.35 bits per heavy atom. The summed E-state index contributed by atoms with van der Waals surface area (Å²) >= 11 is 3.61. The van der Waals surface area contributed by atoms with Crippen LogP contribution in [0.3, 0.4) is 0 Å². The first-order valence-electron chi connectivity index (χ1n) is 10.1. The van der Waals surface area contributed by atoms with Gasteiger partial charge in [-0.1, -0.05) is 58.4 Å². The van der Waals surface area contributed by atoms with Crippen molar-refractivity contribution in [2.24, 2.45) is 0 Å². The van der Waals surface area contributed by atoms with Crippen molar-refractivity contribution in [1.82, 2.24) is 4.98 Å². The molecule has 31 heavy (non-hydrogen) atoms. The zero-order valence-electron chi connectivity index (χ0n) is 16.2. The number of furan rings is 1. The minimum absolute atomic E-state index is 0.615. The van der Waals surface area contributed by atoms with E-state index in [2.05, 4.69) is 70.5 Å². The van der Waals surface area contributed by atoms with Gasteiger partial charge in [-0.15, -0.1) is 0 Å². The molecule has 4 heteroatoms. The molecule has 0 amide bonds. The van der Waals surface area contributed by atoms with Gasteiger partial charge in [-0.2, -0.15) is 0 Å². The molecule has 0 unspecified atom stereocenters. The molecule has 0 spiro atoms. The maximum Gasteiger partial charge on any atom is 0.227 e. The van der Waals surface area contributed by atoms with Crippen LogP contribution in [0.15, 0.2) is 98.2 Å². The molecule has 7 aromatic rings. The van der Waals surface area contributed by atoms with Gasteiger partial charge in [0.05, 0.1) is 5.39 Å². The van der Waals surface area contributed by atoms with E-state index in [0.29, 0.717) is 5.89 Å². The Morgan fingerprint density at radius 1 is 0.613 bits per heavy atom. The van der Waals surface area contributed by atoms with E-state index in [1.54, 1.807) is 0 Å². The van der Waals surface area contributed by atoms with E-state index in [9.17, 15) is 0 Å². The zero-order valence-corrected chi connectivity index (χ0v) is 17.8. The maximum atomic E-state index is 6.20. The van der Waals surface area contributed by atoms with Gasteiger partial charge in [0, 0.05) is 15.4 Å². The second kappa shape index (κ2) is 6.19. The predicted octanol–water partition coefficient (Wildman–Crippen LogP) is 8.46. The quantitative estimate of drug-likeness (QED) is 0.245. The van der Waals surface area contributed by atoms with Gasteiger partial charge >= 0.3 is 0 Å². The molecule has 146 valence electrons. The fraction of sp³-hybridized carbons (Fsp3) is 0. The Balaban J connectivity index is 1.57. The standard InChI is InChI=1S/C27H14BrNO2/c28-19-9-7-16-8-10-21-24(20(16)14-19)25-22(30-21)11-12-23-26(25)29-27(31-23)18-6-5-15-3-1-2-4-17(15)13-18/h1-14H. The number of hydrogen-bond donors (Lipinski definition) is 0. The van der Waals surface area contributed by atoms with Crippen LogP contribution in [-0.4, -0.2) is 4.98 Å². The van der Waals surface area contributed by atoms with Crippen LogP contribution in [0.25, 0.3) is 66.0 Å². The Morgan fingerprint density at radius 3 is 2.29 bits per heavy atom. The van der Waals surface area contributed by atoms with Gasteiger partial charge in [0.15, 0.2) is 5.58 Å². The topological polar surface area (TPSA) is 39.2 Å². The van der Waals surface area contributed by atoms with Crippen LogP contribution in [0.1, 0.15) is 0 Å². The zero-order chi connectivity index (χ0) is 20.5. The number of nitrogens with zero attached hydrogens (tertiary/aromatic N) is 1. The van der Waals surface area contributed by atoms with Gasteiger partial charge in [0.2, 0.25) is 5.89 Å². The minimum atomic E-state index is 0.615. The predicted molar refractivity (Wildman–Crippen MR) is 129 cm³/mol. The van der Waals surface area contributed by atoms with E-state index >= 15 is 0 Å². The number of halogens is 1. The average Bonchev–Trinajstić information content (AvgIpc) is 3.40. The third-order valence-electron chi connectivity index (χ3n) is 5.93. The van der Waals surface area contributed by atoms with E-state index in [1.165, 1.54) is 5.39 Å². The van der Waals surface area contributed by atoms with E-state index in [0.717, 1.165) is 59.2 Å². The number of rotatable bonds is 1. The molecular formula is C27H14BrNO2. The highest BCUT2D eigenvalue weighted by atomic mass is 79.9. The smallest absolute Gasteiger partial charge is 0.227 e. The molecule has 0 atom stereocenters. The van der Waals surface area contributed by atoms with Gasteiger partial charge in [-0.05, 0) is 64.0 Å². The van der Waals surface area contributed by atoms with Crippen molar-refractivity contribution < 1.29 is 8.83 Å². The molecule has 0 saturated carbocycles. The van der Waals surface area contributed by atoms with Crippen LogP contribution in [-0.2, 0) is 0 Å². The first kappa shape index (κ1) is 17.1. The normalized spacial score (nSPS) is 12.0. The number of benzene rings is 5. The molecule has 0 fully saturated rings. The summed E-state index contributed by atoms with van der Waals surface area (Å²) in [5, 5.41) is 6.71. The Kier molecular flexibility index (Phi) is 3.41. The summed E-state index contributed by atoms with van der Waals surface area (Å²) in [7, 11) is 0. The lowest BCUT2D eigenvalue weighted by molar-refractivity contribution is 0.619. The van der Waals surface area contributed by atoms with Crippen LogP contribution in [0.2, 0.25) is 0 Å². The van der Waals surface area contributed by atoms with Gasteiger partial charge in [0.25, 0.3) is 0 Å². The molecule has 0 aliphatic carbocycles. The van der Waals surface area contributed by atoms with Crippen molar-refractivity contribution in [1.29, 1.82) is 0 Å². The molecule has 5 aromatic carbocycles. The Labute approximate surface area is 185 Å². The largest absolute Gasteiger partial charge is 0.456 e. The van der Waals surface area contributed by atoms with E-state index in [4.69, 9.17) is 13.8 Å². The molecule has 0 bridgehead atoms. The van der Waals surface area contributed by atoms with Crippen LogP contribution in [0.5, 0.6) is 0 Å². The first-order chi connectivity index (χ1) is 15.2. The molecule has 0 aliphatic heterocycles. The number of oxazole rings is 1. The molecule has 3 nitrogen and oxygen atoms in total. The lowest BCUT2D eigenvalue weighted by Crippen LogP contribution is -1.79. The molecule has 2 aromatic heterocycles. The van der Waals surface area contributed by atoms with Crippen LogP contribution >= 0.6 is 15.9 Å². The number of fused-ring (bicyclic) bond motifs is 8. The fourth-order valence-corrected chi connectivity index (χ4v) is 4.84. The SMILES string of the molecule is Brc1ccc2ccc3oc4ccc5oc(-c6ccc7ccccc7c6)nc5c4c3c2c1. The molecule has 2 heterocycles. The van der Waals surface area contributed by atoms with Crippen molar-refractivity contribution in [3.8, 4) is 11.5 Å². The van der Waals surface area contributed by atoms with Gasteiger partial charge in [-0.25, -0.2) is 4.98 Å². The summed E-state index contributed by atoms with van der Waals surface area (Å²) in [5.74, 6) is 0.615. The maximum absolute atomic E-state index is 6.20. The summed E-state index contributed by atoms with van der Waals surface area (Å²) in [6, 6.07) is 28.9. The average molecular weight is 464 g/mol.